The summed E-state index contributed by atoms with van der Waals surface area (Å²) in [6.45, 7) is 6.23. The van der Waals surface area contributed by atoms with Crippen molar-refractivity contribution < 1.29 is 9.84 Å². The number of fused-ring (bicyclic) bond motifs is 1. The van der Waals surface area contributed by atoms with E-state index in [1.165, 1.54) is 0 Å². The highest BCUT2D eigenvalue weighted by Gasteiger charge is 2.23. The Morgan fingerprint density at radius 3 is 2.76 bits per heavy atom. The predicted molar refractivity (Wildman–Crippen MR) is 68.9 cm³/mol. The van der Waals surface area contributed by atoms with Gasteiger partial charge in [-0.3, -0.25) is 0 Å². The van der Waals surface area contributed by atoms with E-state index in [-0.39, 0.29) is 12.1 Å². The third-order valence-corrected chi connectivity index (χ3v) is 3.02. The highest BCUT2D eigenvalue weighted by molar-refractivity contribution is 5.63. The molecule has 1 heterocycles. The van der Waals surface area contributed by atoms with Crippen molar-refractivity contribution in [3.8, 4) is 5.75 Å². The quantitative estimate of drug-likeness (QED) is 0.823. The van der Waals surface area contributed by atoms with E-state index < -0.39 is 6.10 Å². The topological polar surface area (TPSA) is 55.5 Å². The zero-order valence-electron chi connectivity index (χ0n) is 10.5. The summed E-state index contributed by atoms with van der Waals surface area (Å²) in [5.74, 6) is 0.864. The van der Waals surface area contributed by atoms with Gasteiger partial charge in [-0.1, -0.05) is 6.08 Å². The van der Waals surface area contributed by atoms with Crippen LogP contribution in [0.2, 0.25) is 0 Å². The van der Waals surface area contributed by atoms with Crippen LogP contribution in [0, 0.1) is 6.92 Å². The molecule has 1 atom stereocenters. The van der Waals surface area contributed by atoms with Gasteiger partial charge in [0.05, 0.1) is 6.10 Å². The average Bonchev–Trinajstić information content (AvgIpc) is 2.26. The fourth-order valence-electron chi connectivity index (χ4n) is 2.03. The normalized spacial score (nSPS) is 18.4. The minimum atomic E-state index is -0.608. The smallest absolute Gasteiger partial charge is 0.128 e. The molecule has 0 saturated heterocycles. The van der Waals surface area contributed by atoms with E-state index in [9.17, 15) is 5.11 Å². The van der Waals surface area contributed by atoms with Crippen molar-refractivity contribution in [1.29, 1.82) is 0 Å². The van der Waals surface area contributed by atoms with Crippen LogP contribution in [-0.4, -0.2) is 17.3 Å². The van der Waals surface area contributed by atoms with Crippen LogP contribution < -0.4 is 10.5 Å². The van der Waals surface area contributed by atoms with E-state index in [2.05, 4.69) is 0 Å². The Hall–Kier alpha value is -1.32. The van der Waals surface area contributed by atoms with Crippen molar-refractivity contribution in [3.63, 3.8) is 0 Å². The van der Waals surface area contributed by atoms with Gasteiger partial charge in [-0.2, -0.15) is 0 Å². The van der Waals surface area contributed by atoms with Crippen molar-refractivity contribution in [2.75, 3.05) is 6.54 Å². The van der Waals surface area contributed by atoms with E-state index in [1.807, 2.05) is 45.1 Å². The minimum absolute atomic E-state index is 0.232. The summed E-state index contributed by atoms with van der Waals surface area (Å²) in [6, 6.07) is 3.92. The molecule has 0 spiro atoms. The van der Waals surface area contributed by atoms with Crippen LogP contribution in [0.1, 0.15) is 36.6 Å². The number of aryl methyl sites for hydroxylation is 1. The summed E-state index contributed by atoms with van der Waals surface area (Å²) in [5.41, 5.74) is 8.10. The monoisotopic (exact) mass is 233 g/mol. The highest BCUT2D eigenvalue weighted by Crippen LogP contribution is 2.34. The lowest BCUT2D eigenvalue weighted by atomic mass is 9.96. The minimum Gasteiger partial charge on any atom is -0.483 e. The van der Waals surface area contributed by atoms with Crippen LogP contribution in [0.4, 0.5) is 0 Å². The second-order valence-corrected chi connectivity index (χ2v) is 5.04. The fourth-order valence-corrected chi connectivity index (χ4v) is 2.03. The van der Waals surface area contributed by atoms with Crippen LogP contribution in [-0.2, 0) is 0 Å². The van der Waals surface area contributed by atoms with Gasteiger partial charge in [0.25, 0.3) is 0 Å². The Kier molecular flexibility index (Phi) is 2.98. The molecule has 0 aliphatic carbocycles. The number of hydrogen-bond acceptors (Lipinski definition) is 3. The maximum atomic E-state index is 9.82. The van der Waals surface area contributed by atoms with Crippen LogP contribution in [0.5, 0.6) is 5.75 Å². The number of hydrogen-bond donors (Lipinski definition) is 2. The number of aliphatic hydroxyl groups excluding tert-OH is 1. The molecule has 0 aromatic heterocycles. The van der Waals surface area contributed by atoms with Gasteiger partial charge >= 0.3 is 0 Å². The highest BCUT2D eigenvalue weighted by atomic mass is 16.5. The first-order valence-corrected chi connectivity index (χ1v) is 5.84. The van der Waals surface area contributed by atoms with E-state index in [0.717, 1.165) is 22.4 Å². The lowest BCUT2D eigenvalue weighted by molar-refractivity contribution is 0.158. The summed E-state index contributed by atoms with van der Waals surface area (Å²) >= 11 is 0. The molecule has 92 valence electrons. The molecule has 3 nitrogen and oxygen atoms in total. The second-order valence-electron chi connectivity index (χ2n) is 5.04. The number of nitrogens with two attached hydrogens (primary N) is 1. The van der Waals surface area contributed by atoms with Crippen molar-refractivity contribution in [2.45, 2.75) is 32.5 Å². The zero-order valence-corrected chi connectivity index (χ0v) is 10.5. The van der Waals surface area contributed by atoms with Gasteiger partial charge < -0.3 is 15.6 Å². The molecule has 0 saturated carbocycles. The summed E-state index contributed by atoms with van der Waals surface area (Å²) in [5, 5.41) is 9.82. The van der Waals surface area contributed by atoms with Crippen molar-refractivity contribution in [1.82, 2.24) is 0 Å². The molecule has 17 heavy (non-hydrogen) atoms. The zero-order chi connectivity index (χ0) is 12.6. The van der Waals surface area contributed by atoms with Crippen LogP contribution in [0.25, 0.3) is 6.08 Å². The lowest BCUT2D eigenvalue weighted by Gasteiger charge is -2.29. The maximum Gasteiger partial charge on any atom is 0.128 e. The van der Waals surface area contributed by atoms with Gasteiger partial charge in [-0.25, -0.2) is 0 Å². The Morgan fingerprint density at radius 1 is 1.41 bits per heavy atom. The molecule has 1 aliphatic rings. The standard InChI is InChI=1S/C14H19NO2/c1-9-6-13-10(4-5-14(2,3)17-13)7-11(9)12(16)8-15/h4-7,12,16H,8,15H2,1-3H3. The van der Waals surface area contributed by atoms with Crippen LogP contribution >= 0.6 is 0 Å². The van der Waals surface area contributed by atoms with Gasteiger partial charge in [0.1, 0.15) is 11.4 Å². The van der Waals surface area contributed by atoms with Gasteiger partial charge in [-0.05, 0) is 50.1 Å². The number of aliphatic hydroxyl groups is 1. The molecule has 1 aliphatic heterocycles. The molecule has 3 N–H and O–H groups in total. The molecular weight excluding hydrogens is 214 g/mol. The Balaban J connectivity index is 2.45. The molecule has 3 heteroatoms. The number of rotatable bonds is 2. The fraction of sp³-hybridized carbons (Fsp3) is 0.429. The number of benzene rings is 1. The maximum absolute atomic E-state index is 9.82. The van der Waals surface area contributed by atoms with Gasteiger partial charge in [0.15, 0.2) is 0 Å². The molecule has 0 fully saturated rings. The summed E-state index contributed by atoms with van der Waals surface area (Å²) in [4.78, 5) is 0. The van der Waals surface area contributed by atoms with E-state index in [4.69, 9.17) is 10.5 Å². The first kappa shape index (κ1) is 12.1. The molecule has 1 aromatic carbocycles. The molecule has 2 rings (SSSR count). The largest absolute Gasteiger partial charge is 0.483 e. The van der Waals surface area contributed by atoms with E-state index in [0.29, 0.717) is 0 Å². The molecule has 1 aromatic rings. The second kappa shape index (κ2) is 4.17. The van der Waals surface area contributed by atoms with Crippen molar-refractivity contribution in [2.24, 2.45) is 5.73 Å². The van der Waals surface area contributed by atoms with Gasteiger partial charge in [-0.15, -0.1) is 0 Å². The van der Waals surface area contributed by atoms with Crippen molar-refractivity contribution in [3.05, 3.63) is 34.9 Å². The molecule has 0 amide bonds. The first-order valence-electron chi connectivity index (χ1n) is 5.84. The number of ether oxygens (including phenoxy) is 1. The van der Waals surface area contributed by atoms with Crippen molar-refractivity contribution >= 4 is 6.08 Å². The van der Waals surface area contributed by atoms with Crippen LogP contribution in [0.3, 0.4) is 0 Å². The Labute approximate surface area is 102 Å². The molecule has 1 unspecified atom stereocenters. The molecule has 0 bridgehead atoms. The third-order valence-electron chi connectivity index (χ3n) is 3.02. The summed E-state index contributed by atoms with van der Waals surface area (Å²) < 4.78 is 5.87. The Bertz CT molecular complexity index is 464. The molecule has 0 radical (unpaired) electrons. The average molecular weight is 233 g/mol. The van der Waals surface area contributed by atoms with E-state index >= 15 is 0 Å². The first-order chi connectivity index (χ1) is 7.93. The van der Waals surface area contributed by atoms with Gasteiger partial charge in [0.2, 0.25) is 0 Å². The predicted octanol–water partition coefficient (Wildman–Crippen LogP) is 2.17. The van der Waals surface area contributed by atoms with E-state index in [1.54, 1.807) is 0 Å². The van der Waals surface area contributed by atoms with Gasteiger partial charge in [0, 0.05) is 12.1 Å². The third kappa shape index (κ3) is 2.35. The lowest BCUT2D eigenvalue weighted by Crippen LogP contribution is -2.27. The summed E-state index contributed by atoms with van der Waals surface area (Å²) in [7, 11) is 0. The Morgan fingerprint density at radius 2 is 2.12 bits per heavy atom. The SMILES string of the molecule is Cc1cc2c(cc1C(O)CN)C=CC(C)(C)O2. The van der Waals surface area contributed by atoms with Crippen LogP contribution in [0.15, 0.2) is 18.2 Å². The summed E-state index contributed by atoms with van der Waals surface area (Å²) in [6.07, 6.45) is 3.44. The molecular formula is C14H19NO2.